The quantitative estimate of drug-likeness (QED) is 0.578. The largest absolute Gasteiger partial charge is 0.385 e. The summed E-state index contributed by atoms with van der Waals surface area (Å²) < 4.78 is 4.78. The van der Waals surface area contributed by atoms with Gasteiger partial charge in [-0.2, -0.15) is 0 Å². The fraction of sp³-hybridized carbons (Fsp3) is 1.00. The molecular formula is C11H30O. The Hall–Kier alpha value is -0.0400. The van der Waals surface area contributed by atoms with Gasteiger partial charge in [0.2, 0.25) is 0 Å². The van der Waals surface area contributed by atoms with Gasteiger partial charge in [0.25, 0.3) is 0 Å². The molecule has 0 aliphatic heterocycles. The Labute approximate surface area is 80.5 Å². The van der Waals surface area contributed by atoms with Gasteiger partial charge in [0.15, 0.2) is 0 Å². The zero-order valence-electron chi connectivity index (χ0n) is 10.5. The Morgan fingerprint density at radius 1 is 0.833 bits per heavy atom. The Bertz CT molecular complexity index is 17.0. The molecule has 0 N–H and O–H groups in total. The second kappa shape index (κ2) is 69.3. The van der Waals surface area contributed by atoms with E-state index in [0.29, 0.717) is 0 Å². The van der Waals surface area contributed by atoms with Crippen molar-refractivity contribution in [1.82, 2.24) is 0 Å². The van der Waals surface area contributed by atoms with Crippen LogP contribution in [0.1, 0.15) is 61.3 Å². The van der Waals surface area contributed by atoms with E-state index in [1.165, 1.54) is 12.8 Å². The lowest BCUT2D eigenvalue weighted by molar-refractivity contribution is 0.194. The van der Waals surface area contributed by atoms with Gasteiger partial charge < -0.3 is 4.74 Å². The zero-order chi connectivity index (χ0) is 10.8. The van der Waals surface area contributed by atoms with Crippen LogP contribution in [0.25, 0.3) is 0 Å². The first-order valence-corrected chi connectivity index (χ1v) is 5.40. The van der Waals surface area contributed by atoms with Crippen molar-refractivity contribution in [3.05, 3.63) is 0 Å². The lowest BCUT2D eigenvalue weighted by atomic mass is 10.4. The molecule has 0 aliphatic carbocycles. The summed E-state index contributed by atoms with van der Waals surface area (Å²) in [6.45, 7) is 15.1. The molecule has 1 heteroatoms. The summed E-state index contributed by atoms with van der Waals surface area (Å²) in [5.41, 5.74) is 0. The molecule has 0 aromatic carbocycles. The molecule has 1 nitrogen and oxygen atoms in total. The minimum Gasteiger partial charge on any atom is -0.385 e. The second-order valence-corrected chi connectivity index (χ2v) is 1.35. The van der Waals surface area contributed by atoms with Crippen LogP contribution in [-0.4, -0.2) is 13.7 Å². The molecule has 0 saturated heterocycles. The van der Waals surface area contributed by atoms with Gasteiger partial charge in [0.05, 0.1) is 0 Å². The Morgan fingerprint density at radius 2 is 1.17 bits per heavy atom. The zero-order valence-corrected chi connectivity index (χ0v) is 10.5. The van der Waals surface area contributed by atoms with Crippen LogP contribution in [0.3, 0.4) is 0 Å². The monoisotopic (exact) mass is 178 g/mol. The average molecular weight is 178 g/mol. The van der Waals surface area contributed by atoms with Gasteiger partial charge >= 0.3 is 0 Å². The molecule has 12 heavy (non-hydrogen) atoms. The third kappa shape index (κ3) is 91.3. The first kappa shape index (κ1) is 22.7. The summed E-state index contributed by atoms with van der Waals surface area (Å²) in [4.78, 5) is 0. The van der Waals surface area contributed by atoms with E-state index < -0.39 is 0 Å². The lowest BCUT2D eigenvalue weighted by Crippen LogP contribution is -1.84. The topological polar surface area (TPSA) is 9.23 Å². The summed E-state index contributed by atoms with van der Waals surface area (Å²) in [6, 6.07) is 0. The lowest BCUT2D eigenvalue weighted by Gasteiger charge is -1.89. The average Bonchev–Trinajstić information content (AvgIpc) is 2.24. The molecule has 0 amide bonds. The van der Waals surface area contributed by atoms with Crippen LogP contribution in [0.5, 0.6) is 0 Å². The van der Waals surface area contributed by atoms with Crippen molar-refractivity contribution >= 4 is 0 Å². The van der Waals surface area contributed by atoms with Crippen LogP contribution in [-0.2, 0) is 4.74 Å². The molecule has 0 saturated carbocycles. The third-order valence-electron chi connectivity index (χ3n) is 0.702. The van der Waals surface area contributed by atoms with Crippen LogP contribution in [0.2, 0.25) is 0 Å². The highest BCUT2D eigenvalue weighted by molar-refractivity contribution is 4.26. The second-order valence-electron chi connectivity index (χ2n) is 1.35. The first-order valence-electron chi connectivity index (χ1n) is 5.40. The molecule has 0 spiro atoms. The van der Waals surface area contributed by atoms with E-state index >= 15 is 0 Å². The van der Waals surface area contributed by atoms with E-state index in [0.717, 1.165) is 6.61 Å². The van der Waals surface area contributed by atoms with Gasteiger partial charge in [-0.1, -0.05) is 54.9 Å². The maximum absolute atomic E-state index is 4.78. The molecular weight excluding hydrogens is 148 g/mol. The van der Waals surface area contributed by atoms with E-state index in [-0.39, 0.29) is 0 Å². The maximum Gasteiger partial charge on any atom is 0.0462 e. The number of unbranched alkanes of at least 4 members (excludes halogenated alkanes) is 1. The predicted molar refractivity (Wildman–Crippen MR) is 60.8 cm³/mol. The van der Waals surface area contributed by atoms with E-state index in [1.54, 1.807) is 7.11 Å². The molecule has 0 rings (SSSR count). The third-order valence-corrected chi connectivity index (χ3v) is 0.702. The van der Waals surface area contributed by atoms with E-state index in [9.17, 15) is 0 Å². The maximum atomic E-state index is 4.78. The molecule has 0 bridgehead atoms. The SMILES string of the molecule is CC.CC.CC.CCCCOC. The fourth-order valence-corrected chi connectivity index (χ4v) is 0.289. The first-order chi connectivity index (χ1) is 5.91. The van der Waals surface area contributed by atoms with E-state index in [2.05, 4.69) is 6.92 Å². The molecule has 0 atom stereocenters. The highest BCUT2D eigenvalue weighted by Gasteiger charge is 1.74. The number of ether oxygens (including phenoxy) is 1. The van der Waals surface area contributed by atoms with Crippen LogP contribution in [0.15, 0.2) is 0 Å². The Balaban J connectivity index is -0.0000000453. The predicted octanol–water partition coefficient (Wildman–Crippen LogP) is 4.51. The van der Waals surface area contributed by atoms with Crippen LogP contribution in [0.4, 0.5) is 0 Å². The fourth-order valence-electron chi connectivity index (χ4n) is 0.289. The van der Waals surface area contributed by atoms with Crippen molar-refractivity contribution in [3.63, 3.8) is 0 Å². The van der Waals surface area contributed by atoms with Crippen molar-refractivity contribution in [1.29, 1.82) is 0 Å². The highest BCUT2D eigenvalue weighted by atomic mass is 16.5. The normalized spacial score (nSPS) is 6.00. The van der Waals surface area contributed by atoms with Crippen LogP contribution >= 0.6 is 0 Å². The molecule has 0 unspecified atom stereocenters. The highest BCUT2D eigenvalue weighted by Crippen LogP contribution is 1.83. The van der Waals surface area contributed by atoms with Gasteiger partial charge in [-0.05, 0) is 6.42 Å². The summed E-state index contributed by atoms with van der Waals surface area (Å²) >= 11 is 0. The van der Waals surface area contributed by atoms with E-state index in [1.807, 2.05) is 41.5 Å². The van der Waals surface area contributed by atoms with Crippen molar-refractivity contribution in [2.24, 2.45) is 0 Å². The summed E-state index contributed by atoms with van der Waals surface area (Å²) in [5, 5.41) is 0. The minimum absolute atomic E-state index is 0.913. The van der Waals surface area contributed by atoms with Gasteiger partial charge in [-0.25, -0.2) is 0 Å². The molecule has 0 heterocycles. The van der Waals surface area contributed by atoms with Crippen molar-refractivity contribution in [2.45, 2.75) is 61.3 Å². The number of hydrogen-bond donors (Lipinski definition) is 0. The smallest absolute Gasteiger partial charge is 0.0462 e. The Morgan fingerprint density at radius 3 is 1.25 bits per heavy atom. The minimum atomic E-state index is 0.913. The van der Waals surface area contributed by atoms with Gasteiger partial charge in [-0.3, -0.25) is 0 Å². The van der Waals surface area contributed by atoms with Gasteiger partial charge in [-0.15, -0.1) is 0 Å². The van der Waals surface area contributed by atoms with Gasteiger partial charge in [0.1, 0.15) is 0 Å². The standard InChI is InChI=1S/C5H12O.3C2H6/c1-3-4-5-6-2;3*1-2/h3-5H2,1-2H3;3*1-2H3. The molecule has 0 aromatic rings. The van der Waals surface area contributed by atoms with Crippen molar-refractivity contribution < 1.29 is 4.74 Å². The van der Waals surface area contributed by atoms with Crippen molar-refractivity contribution in [2.75, 3.05) is 13.7 Å². The number of rotatable bonds is 3. The van der Waals surface area contributed by atoms with Gasteiger partial charge in [0, 0.05) is 13.7 Å². The Kier molecular flexibility index (Phi) is 131. The summed E-state index contributed by atoms with van der Waals surface area (Å²) in [7, 11) is 1.73. The number of methoxy groups -OCH3 is 1. The summed E-state index contributed by atoms with van der Waals surface area (Å²) in [6.07, 6.45) is 2.42. The van der Waals surface area contributed by atoms with Crippen LogP contribution < -0.4 is 0 Å². The molecule has 0 radical (unpaired) electrons. The molecule has 80 valence electrons. The summed E-state index contributed by atoms with van der Waals surface area (Å²) in [5.74, 6) is 0. The van der Waals surface area contributed by atoms with Crippen LogP contribution in [0, 0.1) is 0 Å². The molecule has 0 fully saturated rings. The molecule has 0 aromatic heterocycles. The molecule has 0 aliphatic rings. The van der Waals surface area contributed by atoms with E-state index in [4.69, 9.17) is 4.74 Å². The number of hydrogen-bond acceptors (Lipinski definition) is 1. The van der Waals surface area contributed by atoms with Crippen molar-refractivity contribution in [3.8, 4) is 0 Å².